The number of carboxylic acids is 1. The SMILES string of the molecule is CSCCC(C)N(C)C(=O)N(C)C(C)(C)C(=O)O. The van der Waals surface area contributed by atoms with Gasteiger partial charge < -0.3 is 14.9 Å². The topological polar surface area (TPSA) is 60.9 Å². The lowest BCUT2D eigenvalue weighted by Gasteiger charge is -2.36. The van der Waals surface area contributed by atoms with Crippen LogP contribution >= 0.6 is 11.8 Å². The van der Waals surface area contributed by atoms with Gasteiger partial charge in [-0.3, -0.25) is 0 Å². The van der Waals surface area contributed by atoms with Gasteiger partial charge in [-0.1, -0.05) is 0 Å². The third-order valence-electron chi connectivity index (χ3n) is 3.35. The predicted molar refractivity (Wildman–Crippen MR) is 75.1 cm³/mol. The molecule has 1 atom stereocenters. The zero-order valence-corrected chi connectivity index (χ0v) is 12.9. The molecule has 0 saturated carbocycles. The highest BCUT2D eigenvalue weighted by molar-refractivity contribution is 7.98. The summed E-state index contributed by atoms with van der Waals surface area (Å²) in [4.78, 5) is 26.2. The molecule has 0 heterocycles. The predicted octanol–water partition coefficient (Wildman–Crippen LogP) is 1.97. The van der Waals surface area contributed by atoms with E-state index in [1.54, 1.807) is 23.7 Å². The summed E-state index contributed by atoms with van der Waals surface area (Å²) >= 11 is 1.73. The molecule has 1 unspecified atom stereocenters. The van der Waals surface area contributed by atoms with Crippen LogP contribution in [0, 0.1) is 0 Å². The molecule has 5 nitrogen and oxygen atoms in total. The Morgan fingerprint density at radius 1 is 1.33 bits per heavy atom. The summed E-state index contributed by atoms with van der Waals surface area (Å²) in [5, 5.41) is 9.11. The Hall–Kier alpha value is -0.910. The molecule has 106 valence electrons. The van der Waals surface area contributed by atoms with Crippen LogP contribution in [0.3, 0.4) is 0 Å². The van der Waals surface area contributed by atoms with Crippen molar-refractivity contribution in [3.63, 3.8) is 0 Å². The van der Waals surface area contributed by atoms with E-state index in [1.165, 1.54) is 25.8 Å². The number of likely N-dealkylation sites (N-methyl/N-ethyl adjacent to an activating group) is 1. The number of carbonyl (C=O) groups is 2. The molecule has 18 heavy (non-hydrogen) atoms. The van der Waals surface area contributed by atoms with E-state index in [4.69, 9.17) is 5.11 Å². The summed E-state index contributed by atoms with van der Waals surface area (Å²) in [6.07, 6.45) is 2.92. The summed E-state index contributed by atoms with van der Waals surface area (Å²) in [5.41, 5.74) is -1.20. The molecule has 0 aliphatic carbocycles. The third kappa shape index (κ3) is 4.08. The first-order chi connectivity index (χ1) is 8.16. The maximum atomic E-state index is 12.2. The van der Waals surface area contributed by atoms with E-state index in [-0.39, 0.29) is 12.1 Å². The number of carbonyl (C=O) groups excluding carboxylic acids is 1. The molecule has 0 aliphatic rings. The highest BCUT2D eigenvalue weighted by Crippen LogP contribution is 2.16. The van der Waals surface area contributed by atoms with Gasteiger partial charge >= 0.3 is 12.0 Å². The van der Waals surface area contributed by atoms with Crippen molar-refractivity contribution in [2.45, 2.75) is 38.8 Å². The Morgan fingerprint density at radius 3 is 2.22 bits per heavy atom. The number of rotatable bonds is 6. The van der Waals surface area contributed by atoms with Gasteiger partial charge in [0.2, 0.25) is 0 Å². The van der Waals surface area contributed by atoms with Gasteiger partial charge in [0.05, 0.1) is 0 Å². The highest BCUT2D eigenvalue weighted by Gasteiger charge is 2.37. The fourth-order valence-electron chi connectivity index (χ4n) is 1.29. The van der Waals surface area contributed by atoms with E-state index in [1.807, 2.05) is 13.2 Å². The normalized spacial score (nSPS) is 13.0. The van der Waals surface area contributed by atoms with Crippen molar-refractivity contribution in [2.75, 3.05) is 26.1 Å². The van der Waals surface area contributed by atoms with Gasteiger partial charge in [0.25, 0.3) is 0 Å². The first kappa shape index (κ1) is 17.1. The Kier molecular flexibility index (Phi) is 6.52. The molecule has 0 aromatic carbocycles. The number of amides is 2. The van der Waals surface area contributed by atoms with Crippen molar-refractivity contribution < 1.29 is 14.7 Å². The van der Waals surface area contributed by atoms with Crippen LogP contribution in [0.4, 0.5) is 4.79 Å². The average Bonchev–Trinajstić information content (AvgIpc) is 2.32. The molecular weight excluding hydrogens is 252 g/mol. The Morgan fingerprint density at radius 2 is 1.83 bits per heavy atom. The molecule has 6 heteroatoms. The van der Waals surface area contributed by atoms with Gasteiger partial charge in [0.1, 0.15) is 5.54 Å². The van der Waals surface area contributed by atoms with Crippen molar-refractivity contribution in [2.24, 2.45) is 0 Å². The van der Waals surface area contributed by atoms with Gasteiger partial charge in [0, 0.05) is 20.1 Å². The number of urea groups is 1. The molecule has 0 radical (unpaired) electrons. The Bertz CT molecular complexity index is 308. The molecule has 0 aromatic heterocycles. The van der Waals surface area contributed by atoms with Gasteiger partial charge in [-0.25, -0.2) is 9.59 Å². The number of hydrogen-bond donors (Lipinski definition) is 1. The number of thioether (sulfide) groups is 1. The number of nitrogens with zero attached hydrogens (tertiary/aromatic N) is 2. The van der Waals surface area contributed by atoms with E-state index >= 15 is 0 Å². The fraction of sp³-hybridized carbons (Fsp3) is 0.833. The van der Waals surface area contributed by atoms with E-state index in [2.05, 4.69) is 0 Å². The molecular formula is C12H24N2O3S. The minimum atomic E-state index is -1.20. The maximum absolute atomic E-state index is 12.2. The minimum absolute atomic E-state index is 0.0944. The molecule has 0 aliphatic heterocycles. The maximum Gasteiger partial charge on any atom is 0.329 e. The molecule has 0 fully saturated rings. The van der Waals surface area contributed by atoms with Gasteiger partial charge in [-0.2, -0.15) is 11.8 Å². The van der Waals surface area contributed by atoms with Crippen molar-refractivity contribution in [3.05, 3.63) is 0 Å². The smallest absolute Gasteiger partial charge is 0.329 e. The number of hydrogen-bond acceptors (Lipinski definition) is 3. The van der Waals surface area contributed by atoms with E-state index < -0.39 is 11.5 Å². The third-order valence-corrected chi connectivity index (χ3v) is 4.00. The molecule has 0 aromatic rings. The standard InChI is InChI=1S/C12H24N2O3S/c1-9(7-8-18-6)13(4)11(17)14(5)12(2,3)10(15)16/h9H,7-8H2,1-6H3,(H,15,16). The molecule has 2 amide bonds. The van der Waals surface area contributed by atoms with Crippen LogP contribution in [0.25, 0.3) is 0 Å². The summed E-state index contributed by atoms with van der Waals surface area (Å²) < 4.78 is 0. The molecule has 0 spiro atoms. The largest absolute Gasteiger partial charge is 0.480 e. The highest BCUT2D eigenvalue weighted by atomic mass is 32.2. The molecule has 1 N–H and O–H groups in total. The average molecular weight is 276 g/mol. The summed E-state index contributed by atoms with van der Waals surface area (Å²) in [6, 6.07) is -0.173. The first-order valence-corrected chi connectivity index (χ1v) is 7.28. The lowest BCUT2D eigenvalue weighted by Crippen LogP contribution is -2.55. The monoisotopic (exact) mass is 276 g/mol. The van der Waals surface area contributed by atoms with Crippen LogP contribution in [-0.2, 0) is 4.79 Å². The summed E-state index contributed by atoms with van der Waals surface area (Å²) in [6.45, 7) is 5.01. The summed E-state index contributed by atoms with van der Waals surface area (Å²) in [7, 11) is 3.23. The van der Waals surface area contributed by atoms with Crippen LogP contribution in [0.5, 0.6) is 0 Å². The second-order valence-corrected chi connectivity index (χ2v) is 5.93. The fourth-order valence-corrected chi connectivity index (χ4v) is 1.87. The lowest BCUT2D eigenvalue weighted by molar-refractivity contribution is -0.147. The summed E-state index contributed by atoms with van der Waals surface area (Å²) in [5.74, 6) is -0.0336. The van der Waals surface area contributed by atoms with Gasteiger partial charge in [0.15, 0.2) is 0 Å². The van der Waals surface area contributed by atoms with Crippen LogP contribution in [0.1, 0.15) is 27.2 Å². The minimum Gasteiger partial charge on any atom is -0.480 e. The van der Waals surface area contributed by atoms with Gasteiger partial charge in [-0.05, 0) is 39.2 Å². The van der Waals surface area contributed by atoms with Crippen LogP contribution in [0.2, 0.25) is 0 Å². The van der Waals surface area contributed by atoms with Crippen molar-refractivity contribution in [3.8, 4) is 0 Å². The van der Waals surface area contributed by atoms with E-state index in [0.717, 1.165) is 12.2 Å². The number of carboxylic acid groups (broad SMARTS) is 1. The van der Waals surface area contributed by atoms with Gasteiger partial charge in [-0.15, -0.1) is 0 Å². The lowest BCUT2D eigenvalue weighted by atomic mass is 10.0. The second-order valence-electron chi connectivity index (χ2n) is 4.95. The first-order valence-electron chi connectivity index (χ1n) is 5.89. The quantitative estimate of drug-likeness (QED) is 0.806. The van der Waals surface area contributed by atoms with Crippen molar-refractivity contribution >= 4 is 23.8 Å². The second kappa shape index (κ2) is 6.87. The zero-order valence-electron chi connectivity index (χ0n) is 12.1. The van der Waals surface area contributed by atoms with Crippen LogP contribution in [-0.4, -0.2) is 64.6 Å². The number of aliphatic carboxylic acids is 1. The molecule has 0 saturated heterocycles. The molecule has 0 bridgehead atoms. The van der Waals surface area contributed by atoms with Crippen LogP contribution < -0.4 is 0 Å². The van der Waals surface area contributed by atoms with Crippen LogP contribution in [0.15, 0.2) is 0 Å². The molecule has 0 rings (SSSR count). The van der Waals surface area contributed by atoms with E-state index in [0.29, 0.717) is 0 Å². The van der Waals surface area contributed by atoms with E-state index in [9.17, 15) is 9.59 Å². The zero-order chi connectivity index (χ0) is 14.5. The van der Waals surface area contributed by atoms with Crippen molar-refractivity contribution in [1.29, 1.82) is 0 Å². The Balaban J connectivity index is 4.68. The Labute approximate surface area is 114 Å². The van der Waals surface area contributed by atoms with Crippen molar-refractivity contribution in [1.82, 2.24) is 9.80 Å².